The summed E-state index contributed by atoms with van der Waals surface area (Å²) >= 11 is 12.1. The summed E-state index contributed by atoms with van der Waals surface area (Å²) in [5.41, 5.74) is 3.49. The van der Waals surface area contributed by atoms with E-state index in [-0.39, 0.29) is 10.9 Å². The third-order valence-electron chi connectivity index (χ3n) is 4.14. The lowest BCUT2D eigenvalue weighted by Crippen LogP contribution is -2.38. The van der Waals surface area contributed by atoms with Gasteiger partial charge in [0.2, 0.25) is 0 Å². The zero-order chi connectivity index (χ0) is 15.2. The highest BCUT2D eigenvalue weighted by atomic mass is 35.5. The molecule has 0 unspecified atom stereocenters. The molecule has 0 bridgehead atoms. The summed E-state index contributed by atoms with van der Waals surface area (Å²) in [5, 5.41) is 0. The molecule has 5 heteroatoms. The van der Waals surface area contributed by atoms with Gasteiger partial charge in [0.05, 0.1) is 17.6 Å². The maximum atomic E-state index is 6.66. The first kappa shape index (κ1) is 14.8. The van der Waals surface area contributed by atoms with E-state index in [9.17, 15) is 0 Å². The monoisotopic (exact) mass is 321 g/mol. The van der Waals surface area contributed by atoms with E-state index in [1.54, 1.807) is 0 Å². The molecule has 1 aliphatic heterocycles. The van der Waals surface area contributed by atoms with Gasteiger partial charge in [-0.2, -0.15) is 0 Å². The van der Waals surface area contributed by atoms with Gasteiger partial charge in [-0.3, -0.25) is 4.90 Å². The maximum Gasteiger partial charge on any atom is 0.178 e. The summed E-state index contributed by atoms with van der Waals surface area (Å²) in [6.45, 7) is 10.7. The van der Waals surface area contributed by atoms with Crippen molar-refractivity contribution in [3.63, 3.8) is 0 Å². The van der Waals surface area contributed by atoms with Crippen LogP contribution in [0.1, 0.15) is 19.4 Å². The van der Waals surface area contributed by atoms with E-state index in [1.807, 2.05) is 6.08 Å². The van der Waals surface area contributed by atoms with Crippen LogP contribution in [0, 0.1) is 10.2 Å². The molecule has 0 saturated carbocycles. The second-order valence-electron chi connectivity index (χ2n) is 6.39. The van der Waals surface area contributed by atoms with E-state index in [2.05, 4.69) is 53.1 Å². The molecule has 1 N–H and O–H groups in total. The van der Waals surface area contributed by atoms with E-state index in [1.165, 1.54) is 11.1 Å². The SMILES string of the molecule is C=CC(C)(C)CN1Cc2cccc3[nH]c(=S)n(c23)C[C@@H]1Cl. The van der Waals surface area contributed by atoms with Crippen molar-refractivity contribution in [3.8, 4) is 0 Å². The number of nitrogens with zero attached hydrogens (tertiary/aromatic N) is 2. The average molecular weight is 322 g/mol. The molecule has 2 aromatic rings. The largest absolute Gasteiger partial charge is 0.331 e. The van der Waals surface area contributed by atoms with Crippen LogP contribution in [0.4, 0.5) is 0 Å². The first-order valence-corrected chi connectivity index (χ1v) is 7.98. The molecule has 1 aliphatic rings. The lowest BCUT2D eigenvalue weighted by atomic mass is 9.93. The van der Waals surface area contributed by atoms with Crippen molar-refractivity contribution in [2.45, 2.75) is 32.4 Å². The van der Waals surface area contributed by atoms with E-state index < -0.39 is 0 Å². The van der Waals surface area contributed by atoms with E-state index >= 15 is 0 Å². The van der Waals surface area contributed by atoms with Crippen LogP contribution < -0.4 is 0 Å². The Morgan fingerprint density at radius 1 is 1.52 bits per heavy atom. The van der Waals surface area contributed by atoms with Gasteiger partial charge in [0, 0.05) is 13.1 Å². The van der Waals surface area contributed by atoms with Crippen LogP contribution in [0.2, 0.25) is 0 Å². The van der Waals surface area contributed by atoms with Gasteiger partial charge in [0.1, 0.15) is 5.50 Å². The normalized spacial score (nSPS) is 19.7. The molecule has 0 saturated heterocycles. The number of alkyl halides is 1. The highest BCUT2D eigenvalue weighted by molar-refractivity contribution is 7.71. The summed E-state index contributed by atoms with van der Waals surface area (Å²) in [7, 11) is 0. The number of rotatable bonds is 3. The fourth-order valence-corrected chi connectivity index (χ4v) is 3.48. The number of hydrogen-bond donors (Lipinski definition) is 1. The van der Waals surface area contributed by atoms with Crippen molar-refractivity contribution < 1.29 is 0 Å². The third kappa shape index (κ3) is 2.68. The van der Waals surface area contributed by atoms with E-state index in [0.717, 1.165) is 23.4 Å². The van der Waals surface area contributed by atoms with Crippen LogP contribution >= 0.6 is 23.8 Å². The van der Waals surface area contributed by atoms with Gasteiger partial charge in [-0.25, -0.2) is 0 Å². The Hall–Kier alpha value is -1.10. The van der Waals surface area contributed by atoms with Crippen molar-refractivity contribution in [2.24, 2.45) is 5.41 Å². The number of nitrogens with one attached hydrogen (secondary N) is 1. The van der Waals surface area contributed by atoms with Crippen molar-refractivity contribution in [1.29, 1.82) is 0 Å². The quantitative estimate of drug-likeness (QED) is 0.394. The number of hydrogen-bond acceptors (Lipinski definition) is 2. The smallest absolute Gasteiger partial charge is 0.178 e. The second-order valence-corrected chi connectivity index (χ2v) is 7.28. The molecule has 1 aromatic carbocycles. The first-order valence-electron chi connectivity index (χ1n) is 7.13. The minimum Gasteiger partial charge on any atom is -0.331 e. The van der Waals surface area contributed by atoms with Crippen molar-refractivity contribution in [3.05, 3.63) is 41.2 Å². The number of H-pyrrole nitrogens is 1. The average Bonchev–Trinajstić information content (AvgIpc) is 2.66. The lowest BCUT2D eigenvalue weighted by Gasteiger charge is -2.32. The zero-order valence-electron chi connectivity index (χ0n) is 12.4. The van der Waals surface area contributed by atoms with Gasteiger partial charge in [-0.05, 0) is 29.3 Å². The Balaban J connectivity index is 2.05. The molecule has 3 nitrogen and oxygen atoms in total. The van der Waals surface area contributed by atoms with E-state index in [4.69, 9.17) is 23.8 Å². The Labute approximate surface area is 135 Å². The van der Waals surface area contributed by atoms with Gasteiger partial charge in [0.15, 0.2) is 4.77 Å². The van der Waals surface area contributed by atoms with Crippen molar-refractivity contribution in [2.75, 3.05) is 6.54 Å². The van der Waals surface area contributed by atoms with Gasteiger partial charge in [0.25, 0.3) is 0 Å². The summed E-state index contributed by atoms with van der Waals surface area (Å²) in [6.07, 6.45) is 1.99. The van der Waals surface area contributed by atoms with Crippen LogP contribution in [0.15, 0.2) is 30.9 Å². The molecule has 0 radical (unpaired) electrons. The highest BCUT2D eigenvalue weighted by Gasteiger charge is 2.28. The molecule has 1 aromatic heterocycles. The van der Waals surface area contributed by atoms with Crippen molar-refractivity contribution >= 4 is 34.9 Å². The number of aromatic nitrogens is 2. The Morgan fingerprint density at radius 2 is 2.29 bits per heavy atom. The number of aromatic amines is 1. The van der Waals surface area contributed by atoms with Crippen LogP contribution in [0.5, 0.6) is 0 Å². The standard InChI is InChI=1S/C16H20ClN3S/c1-4-16(2,3)10-19-8-11-6-5-7-12-14(11)20(9-13(19)17)15(21)18-12/h4-7,13H,1,8-10H2,2-3H3,(H,18,21)/t13-/m1/s1. The van der Waals surface area contributed by atoms with Crippen LogP contribution in [0.3, 0.4) is 0 Å². The maximum absolute atomic E-state index is 6.66. The minimum absolute atomic E-state index is 0.0307. The summed E-state index contributed by atoms with van der Waals surface area (Å²) in [5.74, 6) is 0. The minimum atomic E-state index is -0.0812. The van der Waals surface area contributed by atoms with E-state index in [0.29, 0.717) is 6.54 Å². The van der Waals surface area contributed by atoms with Crippen LogP contribution in [0.25, 0.3) is 11.0 Å². The molecule has 3 rings (SSSR count). The molecule has 21 heavy (non-hydrogen) atoms. The molecule has 2 heterocycles. The van der Waals surface area contributed by atoms with Crippen molar-refractivity contribution in [1.82, 2.24) is 14.5 Å². The molecule has 0 spiro atoms. The fourth-order valence-electron chi connectivity index (χ4n) is 2.92. The molecular formula is C16H20ClN3S. The Morgan fingerprint density at radius 3 is 3.00 bits per heavy atom. The molecule has 1 atom stereocenters. The number of para-hydroxylation sites is 1. The number of halogens is 1. The lowest BCUT2D eigenvalue weighted by molar-refractivity contribution is 0.178. The number of imidazole rings is 1. The van der Waals surface area contributed by atoms with Crippen LogP contribution in [-0.2, 0) is 13.1 Å². The third-order valence-corrected chi connectivity index (χ3v) is 4.88. The molecule has 0 aliphatic carbocycles. The number of benzene rings is 1. The Bertz CT molecular complexity index is 744. The summed E-state index contributed by atoms with van der Waals surface area (Å²) < 4.78 is 2.87. The van der Waals surface area contributed by atoms with Crippen LogP contribution in [-0.4, -0.2) is 26.5 Å². The van der Waals surface area contributed by atoms with Gasteiger partial charge < -0.3 is 9.55 Å². The summed E-state index contributed by atoms with van der Waals surface area (Å²) in [6, 6.07) is 6.29. The zero-order valence-corrected chi connectivity index (χ0v) is 14.0. The topological polar surface area (TPSA) is 24.0 Å². The first-order chi connectivity index (χ1) is 9.91. The summed E-state index contributed by atoms with van der Waals surface area (Å²) in [4.78, 5) is 5.57. The predicted octanol–water partition coefficient (Wildman–Crippen LogP) is 4.29. The molecule has 0 amide bonds. The molecular weight excluding hydrogens is 302 g/mol. The van der Waals surface area contributed by atoms with Gasteiger partial charge >= 0.3 is 0 Å². The van der Waals surface area contributed by atoms with Gasteiger partial charge in [-0.15, -0.1) is 18.2 Å². The molecule has 0 fully saturated rings. The van der Waals surface area contributed by atoms with Gasteiger partial charge in [-0.1, -0.05) is 32.1 Å². The predicted molar refractivity (Wildman–Crippen MR) is 91.2 cm³/mol. The fraction of sp³-hybridized carbons (Fsp3) is 0.438. The molecule has 112 valence electrons. The second kappa shape index (κ2) is 5.27. The Kier molecular flexibility index (Phi) is 3.72. The highest BCUT2D eigenvalue weighted by Crippen LogP contribution is 2.29.